The first kappa shape index (κ1) is 14.9. The van der Waals surface area contributed by atoms with Crippen LogP contribution in [0.2, 0.25) is 0 Å². The second-order valence-corrected chi connectivity index (χ2v) is 4.72. The third kappa shape index (κ3) is 4.29. The predicted molar refractivity (Wildman–Crippen MR) is 72.5 cm³/mol. The van der Waals surface area contributed by atoms with E-state index in [0.29, 0.717) is 25.3 Å². The molecule has 1 saturated heterocycles. The van der Waals surface area contributed by atoms with Gasteiger partial charge >= 0.3 is 0 Å². The molecule has 1 atom stereocenters. The molecule has 1 aliphatic rings. The average Bonchev–Trinajstić information content (AvgIpc) is 2.44. The number of hydrogen-bond acceptors (Lipinski definition) is 4. The summed E-state index contributed by atoms with van der Waals surface area (Å²) in [5.41, 5.74) is 1.38. The van der Waals surface area contributed by atoms with E-state index in [1.807, 2.05) is 6.07 Å². The van der Waals surface area contributed by atoms with Crippen LogP contribution in [-0.4, -0.2) is 54.1 Å². The van der Waals surface area contributed by atoms with Crippen molar-refractivity contribution in [1.29, 1.82) is 0 Å². The molecule has 1 unspecified atom stereocenters. The Labute approximate surface area is 117 Å². The number of benzene rings is 1. The number of aliphatic hydroxyl groups is 2. The smallest absolute Gasteiger partial charge is 0.124 e. The SMILES string of the molecule is OCC#Cc1cc(F)cc(CN2CCOC(CO)C2)c1. The summed E-state index contributed by atoms with van der Waals surface area (Å²) in [6, 6.07) is 4.64. The maximum atomic E-state index is 13.5. The maximum Gasteiger partial charge on any atom is 0.124 e. The largest absolute Gasteiger partial charge is 0.394 e. The summed E-state index contributed by atoms with van der Waals surface area (Å²) in [7, 11) is 0. The summed E-state index contributed by atoms with van der Waals surface area (Å²) in [5.74, 6) is 4.88. The van der Waals surface area contributed by atoms with Crippen LogP contribution in [0.4, 0.5) is 4.39 Å². The summed E-state index contributed by atoms with van der Waals surface area (Å²) in [6.45, 7) is 2.29. The topological polar surface area (TPSA) is 52.9 Å². The molecule has 0 aliphatic carbocycles. The van der Waals surface area contributed by atoms with Crippen molar-refractivity contribution in [3.8, 4) is 11.8 Å². The molecule has 0 bridgehead atoms. The summed E-state index contributed by atoms with van der Waals surface area (Å²) in [4.78, 5) is 2.11. The molecule has 20 heavy (non-hydrogen) atoms. The number of nitrogens with zero attached hydrogens (tertiary/aromatic N) is 1. The van der Waals surface area contributed by atoms with E-state index in [9.17, 15) is 4.39 Å². The van der Waals surface area contributed by atoms with Gasteiger partial charge in [0, 0.05) is 25.2 Å². The molecule has 0 spiro atoms. The minimum atomic E-state index is -0.336. The van der Waals surface area contributed by atoms with Crippen LogP contribution in [0.25, 0.3) is 0 Å². The Morgan fingerprint density at radius 2 is 2.20 bits per heavy atom. The monoisotopic (exact) mass is 279 g/mol. The van der Waals surface area contributed by atoms with Crippen molar-refractivity contribution in [2.24, 2.45) is 0 Å². The molecule has 0 amide bonds. The molecule has 0 radical (unpaired) electrons. The Morgan fingerprint density at radius 1 is 1.35 bits per heavy atom. The van der Waals surface area contributed by atoms with E-state index >= 15 is 0 Å². The molecule has 5 heteroatoms. The lowest BCUT2D eigenvalue weighted by atomic mass is 10.1. The Hall–Kier alpha value is -1.45. The Kier molecular flexibility index (Phi) is 5.50. The second-order valence-electron chi connectivity index (χ2n) is 4.72. The Morgan fingerprint density at radius 3 is 2.95 bits per heavy atom. The summed E-state index contributed by atoms with van der Waals surface area (Å²) < 4.78 is 18.9. The number of halogens is 1. The van der Waals surface area contributed by atoms with Crippen LogP contribution >= 0.6 is 0 Å². The van der Waals surface area contributed by atoms with Gasteiger partial charge in [0.15, 0.2) is 0 Å². The fraction of sp³-hybridized carbons (Fsp3) is 0.467. The van der Waals surface area contributed by atoms with Gasteiger partial charge in [-0.15, -0.1) is 0 Å². The fourth-order valence-electron chi connectivity index (χ4n) is 2.25. The number of morpholine rings is 1. The first-order chi connectivity index (χ1) is 9.71. The highest BCUT2D eigenvalue weighted by molar-refractivity contribution is 5.37. The summed E-state index contributed by atoms with van der Waals surface area (Å²) in [5, 5.41) is 17.8. The van der Waals surface area contributed by atoms with Crippen LogP contribution in [0.5, 0.6) is 0 Å². The van der Waals surface area contributed by atoms with E-state index in [1.54, 1.807) is 0 Å². The van der Waals surface area contributed by atoms with Crippen LogP contribution in [-0.2, 0) is 11.3 Å². The molecule has 2 N–H and O–H groups in total. The standard InChI is InChI=1S/C15H18FNO3/c16-14-7-12(2-1-4-18)6-13(8-14)9-17-3-5-20-15(10-17)11-19/h6-8,15,18-19H,3-5,9-11H2. The quantitative estimate of drug-likeness (QED) is 0.785. The van der Waals surface area contributed by atoms with Gasteiger partial charge in [-0.1, -0.05) is 11.8 Å². The van der Waals surface area contributed by atoms with Gasteiger partial charge in [0.1, 0.15) is 12.4 Å². The van der Waals surface area contributed by atoms with Crippen LogP contribution in [0.3, 0.4) is 0 Å². The zero-order chi connectivity index (χ0) is 14.4. The molecular formula is C15H18FNO3. The van der Waals surface area contributed by atoms with Crippen molar-refractivity contribution in [2.75, 3.05) is 32.9 Å². The van der Waals surface area contributed by atoms with Gasteiger partial charge < -0.3 is 14.9 Å². The molecule has 1 aliphatic heterocycles. The molecular weight excluding hydrogens is 261 g/mol. The first-order valence-electron chi connectivity index (χ1n) is 6.55. The van der Waals surface area contributed by atoms with Crippen LogP contribution in [0.1, 0.15) is 11.1 Å². The van der Waals surface area contributed by atoms with Crippen molar-refractivity contribution < 1.29 is 19.3 Å². The summed E-state index contributed by atoms with van der Waals surface area (Å²) in [6.07, 6.45) is -0.175. The van der Waals surface area contributed by atoms with Crippen LogP contribution < -0.4 is 0 Å². The highest BCUT2D eigenvalue weighted by atomic mass is 19.1. The molecule has 1 heterocycles. The van der Waals surface area contributed by atoms with Gasteiger partial charge in [0.05, 0.1) is 19.3 Å². The minimum absolute atomic E-state index is 0.00707. The predicted octanol–water partition coefficient (Wildman–Crippen LogP) is 0.363. The average molecular weight is 279 g/mol. The van der Waals surface area contributed by atoms with Crippen LogP contribution in [0, 0.1) is 17.7 Å². The van der Waals surface area contributed by atoms with Gasteiger partial charge in [-0.05, 0) is 23.8 Å². The first-order valence-corrected chi connectivity index (χ1v) is 6.55. The highest BCUT2D eigenvalue weighted by Crippen LogP contribution is 2.13. The molecule has 0 aromatic heterocycles. The van der Waals surface area contributed by atoms with Gasteiger partial charge in [0.25, 0.3) is 0 Å². The lowest BCUT2D eigenvalue weighted by Crippen LogP contribution is -2.43. The molecule has 4 nitrogen and oxygen atoms in total. The highest BCUT2D eigenvalue weighted by Gasteiger charge is 2.19. The van der Waals surface area contributed by atoms with E-state index in [0.717, 1.165) is 12.1 Å². The number of ether oxygens (including phenoxy) is 1. The van der Waals surface area contributed by atoms with Crippen molar-refractivity contribution in [2.45, 2.75) is 12.6 Å². The van der Waals surface area contributed by atoms with Crippen molar-refractivity contribution in [3.05, 3.63) is 35.1 Å². The number of rotatable bonds is 3. The summed E-state index contributed by atoms with van der Waals surface area (Å²) >= 11 is 0. The van der Waals surface area contributed by atoms with E-state index in [4.69, 9.17) is 14.9 Å². The zero-order valence-electron chi connectivity index (χ0n) is 11.2. The second kappa shape index (κ2) is 7.36. The third-order valence-electron chi connectivity index (χ3n) is 3.10. The Balaban J connectivity index is 2.06. The zero-order valence-corrected chi connectivity index (χ0v) is 11.2. The maximum absolute atomic E-state index is 13.5. The normalized spacial score (nSPS) is 19.4. The minimum Gasteiger partial charge on any atom is -0.394 e. The van der Waals surface area contributed by atoms with E-state index in [1.165, 1.54) is 12.1 Å². The number of hydrogen-bond donors (Lipinski definition) is 2. The van der Waals surface area contributed by atoms with E-state index in [-0.39, 0.29) is 25.1 Å². The van der Waals surface area contributed by atoms with Crippen molar-refractivity contribution in [3.63, 3.8) is 0 Å². The fourth-order valence-corrected chi connectivity index (χ4v) is 2.25. The van der Waals surface area contributed by atoms with Gasteiger partial charge in [-0.3, -0.25) is 4.90 Å². The van der Waals surface area contributed by atoms with E-state index in [2.05, 4.69) is 16.7 Å². The van der Waals surface area contributed by atoms with Gasteiger partial charge in [-0.2, -0.15) is 0 Å². The molecule has 108 valence electrons. The van der Waals surface area contributed by atoms with Crippen molar-refractivity contribution in [1.82, 2.24) is 4.90 Å². The van der Waals surface area contributed by atoms with Gasteiger partial charge in [0.2, 0.25) is 0 Å². The number of aliphatic hydroxyl groups excluding tert-OH is 2. The van der Waals surface area contributed by atoms with E-state index < -0.39 is 0 Å². The molecule has 2 rings (SSSR count). The molecule has 1 aromatic rings. The van der Waals surface area contributed by atoms with Gasteiger partial charge in [-0.25, -0.2) is 4.39 Å². The van der Waals surface area contributed by atoms with Crippen LogP contribution in [0.15, 0.2) is 18.2 Å². The lowest BCUT2D eigenvalue weighted by molar-refractivity contribution is -0.0551. The molecule has 1 fully saturated rings. The third-order valence-corrected chi connectivity index (χ3v) is 3.10. The lowest BCUT2D eigenvalue weighted by Gasteiger charge is -2.32. The molecule has 0 saturated carbocycles. The van der Waals surface area contributed by atoms with Crippen molar-refractivity contribution >= 4 is 0 Å². The Bertz CT molecular complexity index is 510. The molecule has 1 aromatic carbocycles.